The van der Waals surface area contributed by atoms with Gasteiger partial charge in [0.25, 0.3) is 0 Å². The minimum Gasteiger partial charge on any atom is -0.497 e. The monoisotopic (exact) mass is 332 g/mol. The van der Waals surface area contributed by atoms with Crippen LogP contribution in [0.2, 0.25) is 0 Å². The Morgan fingerprint density at radius 2 is 1.88 bits per heavy atom. The number of methoxy groups -OCH3 is 1. The summed E-state index contributed by atoms with van der Waals surface area (Å²) in [4.78, 5) is 5.20. The molecule has 0 N–H and O–H groups in total. The van der Waals surface area contributed by atoms with Crippen molar-refractivity contribution >= 4 is 0 Å². The highest BCUT2D eigenvalue weighted by atomic mass is 16.5. The van der Waals surface area contributed by atoms with Crippen LogP contribution in [0.15, 0.2) is 24.3 Å². The van der Waals surface area contributed by atoms with Crippen LogP contribution in [-0.2, 0) is 11.3 Å². The summed E-state index contributed by atoms with van der Waals surface area (Å²) in [5, 5.41) is 0. The maximum Gasteiger partial charge on any atom is 0.118 e. The lowest BCUT2D eigenvalue weighted by atomic mass is 9.96. The van der Waals surface area contributed by atoms with Gasteiger partial charge in [-0.05, 0) is 69.4 Å². The zero-order valence-electron chi connectivity index (χ0n) is 15.2. The highest BCUT2D eigenvalue weighted by molar-refractivity contribution is 5.27. The number of nitrogens with zero attached hydrogens (tertiary/aromatic N) is 2. The van der Waals surface area contributed by atoms with E-state index >= 15 is 0 Å². The first-order chi connectivity index (χ1) is 11.8. The molecular formula is C20H32N2O2. The standard InChI is InChI=1S/C20H32N2O2/c1-17-19(9-12-21-10-3-4-11-21)16-24-14-13-22(17)15-18-5-7-20(23-2)8-6-18/h5-8,17,19H,3-4,9-16H2,1-2H3/t17-,19+/m1/s1. The first-order valence-corrected chi connectivity index (χ1v) is 9.43. The molecule has 24 heavy (non-hydrogen) atoms. The molecule has 2 atom stereocenters. The van der Waals surface area contributed by atoms with Crippen LogP contribution < -0.4 is 4.74 Å². The van der Waals surface area contributed by atoms with Crippen molar-refractivity contribution in [2.45, 2.75) is 38.8 Å². The average Bonchev–Trinajstić information content (AvgIpc) is 3.07. The van der Waals surface area contributed by atoms with E-state index in [0.717, 1.165) is 32.1 Å². The summed E-state index contributed by atoms with van der Waals surface area (Å²) < 4.78 is 11.2. The van der Waals surface area contributed by atoms with Gasteiger partial charge in [-0.3, -0.25) is 4.90 Å². The van der Waals surface area contributed by atoms with Gasteiger partial charge in [0.05, 0.1) is 20.3 Å². The molecule has 2 fully saturated rings. The van der Waals surface area contributed by atoms with Crippen LogP contribution in [0.3, 0.4) is 0 Å². The molecule has 0 spiro atoms. The van der Waals surface area contributed by atoms with E-state index in [-0.39, 0.29) is 0 Å². The van der Waals surface area contributed by atoms with E-state index < -0.39 is 0 Å². The molecule has 1 aromatic carbocycles. The lowest BCUT2D eigenvalue weighted by Crippen LogP contribution is -2.39. The molecule has 2 aliphatic heterocycles. The van der Waals surface area contributed by atoms with E-state index in [2.05, 4.69) is 41.0 Å². The van der Waals surface area contributed by atoms with Gasteiger partial charge in [-0.15, -0.1) is 0 Å². The van der Waals surface area contributed by atoms with Crippen molar-refractivity contribution in [3.63, 3.8) is 0 Å². The topological polar surface area (TPSA) is 24.9 Å². The van der Waals surface area contributed by atoms with Crippen LogP contribution in [0.5, 0.6) is 5.75 Å². The second-order valence-corrected chi connectivity index (χ2v) is 7.23. The molecule has 1 aromatic rings. The third-order valence-electron chi connectivity index (χ3n) is 5.67. The molecule has 0 aliphatic carbocycles. The Balaban J connectivity index is 1.56. The Hall–Kier alpha value is -1.10. The first kappa shape index (κ1) is 17.7. The molecule has 0 amide bonds. The zero-order valence-corrected chi connectivity index (χ0v) is 15.2. The summed E-state index contributed by atoms with van der Waals surface area (Å²) >= 11 is 0. The van der Waals surface area contributed by atoms with Crippen molar-refractivity contribution in [2.24, 2.45) is 5.92 Å². The third-order valence-corrected chi connectivity index (χ3v) is 5.67. The molecule has 134 valence electrons. The number of ether oxygens (including phenoxy) is 2. The van der Waals surface area contributed by atoms with Crippen molar-refractivity contribution in [1.82, 2.24) is 9.80 Å². The Bertz CT molecular complexity index is 485. The van der Waals surface area contributed by atoms with E-state index in [4.69, 9.17) is 9.47 Å². The normalized spacial score (nSPS) is 26.4. The first-order valence-electron chi connectivity index (χ1n) is 9.43. The second kappa shape index (κ2) is 8.84. The molecular weight excluding hydrogens is 300 g/mol. The van der Waals surface area contributed by atoms with Crippen LogP contribution in [0.25, 0.3) is 0 Å². The summed E-state index contributed by atoms with van der Waals surface area (Å²) in [7, 11) is 1.72. The van der Waals surface area contributed by atoms with E-state index in [0.29, 0.717) is 12.0 Å². The van der Waals surface area contributed by atoms with Crippen LogP contribution in [-0.4, -0.2) is 62.3 Å². The number of hydrogen-bond acceptors (Lipinski definition) is 4. The third kappa shape index (κ3) is 4.71. The molecule has 0 bridgehead atoms. The molecule has 0 unspecified atom stereocenters. The smallest absolute Gasteiger partial charge is 0.118 e. The molecule has 0 saturated carbocycles. The lowest BCUT2D eigenvalue weighted by Gasteiger charge is -2.32. The van der Waals surface area contributed by atoms with Gasteiger partial charge in [0.1, 0.15) is 5.75 Å². The molecule has 0 radical (unpaired) electrons. The highest BCUT2D eigenvalue weighted by Gasteiger charge is 2.27. The second-order valence-electron chi connectivity index (χ2n) is 7.23. The van der Waals surface area contributed by atoms with Gasteiger partial charge in [0.15, 0.2) is 0 Å². The molecule has 2 heterocycles. The van der Waals surface area contributed by atoms with Crippen LogP contribution in [0.4, 0.5) is 0 Å². The fourth-order valence-corrected chi connectivity index (χ4v) is 3.93. The van der Waals surface area contributed by atoms with Gasteiger partial charge in [-0.1, -0.05) is 12.1 Å². The maximum atomic E-state index is 5.92. The molecule has 0 aromatic heterocycles. The lowest BCUT2D eigenvalue weighted by molar-refractivity contribution is 0.108. The van der Waals surface area contributed by atoms with Crippen molar-refractivity contribution in [2.75, 3.05) is 46.5 Å². The quantitative estimate of drug-likeness (QED) is 0.799. The SMILES string of the molecule is COc1ccc(CN2CCOC[C@H](CCN3CCCC3)[C@H]2C)cc1. The van der Waals surface area contributed by atoms with Gasteiger partial charge >= 0.3 is 0 Å². The largest absolute Gasteiger partial charge is 0.497 e. The summed E-state index contributed by atoms with van der Waals surface area (Å²) in [6.07, 6.45) is 4.00. The highest BCUT2D eigenvalue weighted by Crippen LogP contribution is 2.23. The Morgan fingerprint density at radius 3 is 2.58 bits per heavy atom. The summed E-state index contributed by atoms with van der Waals surface area (Å²) in [6, 6.07) is 9.03. The average molecular weight is 332 g/mol. The van der Waals surface area contributed by atoms with Crippen molar-refractivity contribution in [3.05, 3.63) is 29.8 Å². The predicted octanol–water partition coefficient (Wildman–Crippen LogP) is 3.02. The van der Waals surface area contributed by atoms with E-state index in [1.165, 1.54) is 44.5 Å². The Morgan fingerprint density at radius 1 is 1.12 bits per heavy atom. The van der Waals surface area contributed by atoms with E-state index in [1.54, 1.807) is 7.11 Å². The number of likely N-dealkylation sites (tertiary alicyclic amines) is 1. The molecule has 2 aliphatic rings. The van der Waals surface area contributed by atoms with E-state index in [1.807, 2.05) is 0 Å². The minimum absolute atomic E-state index is 0.567. The van der Waals surface area contributed by atoms with Crippen LogP contribution in [0.1, 0.15) is 31.7 Å². The molecule has 4 nitrogen and oxygen atoms in total. The molecule has 2 saturated heterocycles. The Kier molecular flexibility index (Phi) is 6.52. The van der Waals surface area contributed by atoms with Gasteiger partial charge < -0.3 is 14.4 Å². The van der Waals surface area contributed by atoms with Crippen LogP contribution in [0, 0.1) is 5.92 Å². The fourth-order valence-electron chi connectivity index (χ4n) is 3.93. The van der Waals surface area contributed by atoms with Crippen LogP contribution >= 0.6 is 0 Å². The van der Waals surface area contributed by atoms with Gasteiger partial charge in [0, 0.05) is 19.1 Å². The van der Waals surface area contributed by atoms with E-state index in [9.17, 15) is 0 Å². The van der Waals surface area contributed by atoms with Crippen molar-refractivity contribution in [1.29, 1.82) is 0 Å². The molecule has 3 rings (SSSR count). The molecule has 4 heteroatoms. The number of rotatable bonds is 6. The Labute approximate surface area is 146 Å². The van der Waals surface area contributed by atoms with Crippen molar-refractivity contribution in [3.8, 4) is 5.75 Å². The van der Waals surface area contributed by atoms with Gasteiger partial charge in [-0.2, -0.15) is 0 Å². The van der Waals surface area contributed by atoms with Gasteiger partial charge in [-0.25, -0.2) is 0 Å². The predicted molar refractivity (Wildman–Crippen MR) is 97.5 cm³/mol. The fraction of sp³-hybridized carbons (Fsp3) is 0.700. The van der Waals surface area contributed by atoms with Crippen molar-refractivity contribution < 1.29 is 9.47 Å². The number of benzene rings is 1. The maximum absolute atomic E-state index is 5.92. The summed E-state index contributed by atoms with van der Waals surface area (Å²) in [5.74, 6) is 1.56. The number of hydrogen-bond donors (Lipinski definition) is 0. The minimum atomic E-state index is 0.567. The summed E-state index contributed by atoms with van der Waals surface area (Å²) in [5.41, 5.74) is 1.35. The summed E-state index contributed by atoms with van der Waals surface area (Å²) in [6.45, 7) is 9.97. The van der Waals surface area contributed by atoms with Gasteiger partial charge in [0.2, 0.25) is 0 Å². The zero-order chi connectivity index (χ0) is 16.8.